The number of ether oxygens (including phenoxy) is 4. The Morgan fingerprint density at radius 2 is 0.708 bits per heavy atom. The molecule has 0 bridgehead atoms. The van der Waals surface area contributed by atoms with Gasteiger partial charge in [0.2, 0.25) is 0 Å². The molecule has 4 unspecified atom stereocenters. The number of carbonyl (C=O) groups is 4. The van der Waals surface area contributed by atoms with Gasteiger partial charge in [-0.1, -0.05) is 164 Å². The average molecular weight is 1030 g/mol. The largest absolute Gasteiger partial charge is 2.00 e. The van der Waals surface area contributed by atoms with Crippen LogP contribution in [0.25, 0.3) is 0 Å². The summed E-state index contributed by atoms with van der Waals surface area (Å²) in [5, 5.41) is 20.9. The van der Waals surface area contributed by atoms with Gasteiger partial charge < -0.3 is 38.7 Å². The fourth-order valence-electron chi connectivity index (χ4n) is 7.90. The zero-order valence-corrected chi connectivity index (χ0v) is 45.5. The van der Waals surface area contributed by atoms with Gasteiger partial charge in [0.1, 0.15) is 12.2 Å². The molecule has 0 aliphatic carbocycles. The van der Waals surface area contributed by atoms with Crippen LogP contribution in [0.3, 0.4) is 0 Å². The number of benzene rings is 2. The summed E-state index contributed by atoms with van der Waals surface area (Å²) < 4.78 is 23.5. The van der Waals surface area contributed by atoms with Crippen molar-refractivity contribution < 1.29 is 48.3 Å². The number of rotatable bonds is 40. The standard InChI is InChI=1S/2C27H44O5.Ba/c2*1-3-4-17-26(32-23(2)28)20-14-19-25(31-22-24-15-10-9-11-16-24)18-12-7-5-6-8-13-21-27(29)30;/h2*9-11,15-16,25-26H,3-8,12-14,17-22H2,1-2H3,(H,29,30);/q;;+2/p-2. The topological polar surface area (TPSA) is 151 Å². The molecule has 2 rings (SSSR count). The van der Waals surface area contributed by atoms with Gasteiger partial charge in [-0.3, -0.25) is 9.59 Å². The van der Waals surface area contributed by atoms with Crippen molar-refractivity contribution in [1.82, 2.24) is 0 Å². The van der Waals surface area contributed by atoms with Crippen LogP contribution in [0.5, 0.6) is 0 Å². The van der Waals surface area contributed by atoms with Gasteiger partial charge in [0, 0.05) is 25.8 Å². The van der Waals surface area contributed by atoms with Crippen LogP contribution in [0.1, 0.15) is 219 Å². The van der Waals surface area contributed by atoms with E-state index in [1.54, 1.807) is 0 Å². The van der Waals surface area contributed by atoms with Crippen LogP contribution in [0.4, 0.5) is 0 Å². The second kappa shape index (κ2) is 44.3. The molecule has 65 heavy (non-hydrogen) atoms. The molecule has 0 spiro atoms. The van der Waals surface area contributed by atoms with Crippen LogP contribution in [-0.2, 0) is 51.3 Å². The zero-order chi connectivity index (χ0) is 46.9. The van der Waals surface area contributed by atoms with Gasteiger partial charge in [-0.05, 0) is 101 Å². The number of hydrogen-bond acceptors (Lipinski definition) is 10. The molecule has 0 aromatic heterocycles. The van der Waals surface area contributed by atoms with Gasteiger partial charge in [0.25, 0.3) is 0 Å². The molecule has 0 fully saturated rings. The first-order valence-electron chi connectivity index (χ1n) is 25.1. The summed E-state index contributed by atoms with van der Waals surface area (Å²) in [7, 11) is 0. The van der Waals surface area contributed by atoms with Crippen LogP contribution in [0.15, 0.2) is 60.7 Å². The van der Waals surface area contributed by atoms with Crippen molar-refractivity contribution in [2.24, 2.45) is 0 Å². The summed E-state index contributed by atoms with van der Waals surface area (Å²) in [6, 6.07) is 20.5. The van der Waals surface area contributed by atoms with Crippen molar-refractivity contribution in [2.45, 2.75) is 245 Å². The molecule has 0 saturated carbocycles. The van der Waals surface area contributed by atoms with Gasteiger partial charge in [0.05, 0.1) is 25.4 Å². The average Bonchev–Trinajstić information content (AvgIpc) is 3.27. The minimum absolute atomic E-state index is 0. The van der Waals surface area contributed by atoms with Gasteiger partial charge in [-0.2, -0.15) is 0 Å². The fourth-order valence-corrected chi connectivity index (χ4v) is 7.90. The molecule has 0 aliphatic rings. The van der Waals surface area contributed by atoms with Crippen molar-refractivity contribution in [3.05, 3.63) is 71.8 Å². The number of carbonyl (C=O) groups excluding carboxylic acids is 4. The smallest absolute Gasteiger partial charge is 0.550 e. The number of carboxylic acids is 2. The second-order valence-electron chi connectivity index (χ2n) is 17.5. The molecule has 0 aliphatic heterocycles. The maximum atomic E-state index is 11.4. The molecule has 10 nitrogen and oxygen atoms in total. The minimum atomic E-state index is -0.950. The Kier molecular flexibility index (Phi) is 42.8. The third kappa shape index (κ3) is 40.6. The Morgan fingerprint density at radius 3 is 1.03 bits per heavy atom. The van der Waals surface area contributed by atoms with E-state index in [-0.39, 0.29) is 98.1 Å². The zero-order valence-electron chi connectivity index (χ0n) is 41.1. The molecule has 11 heteroatoms. The Bertz CT molecular complexity index is 1320. The van der Waals surface area contributed by atoms with Gasteiger partial charge in [-0.25, -0.2) is 0 Å². The fraction of sp³-hybridized carbons (Fsp3) is 0.704. The summed E-state index contributed by atoms with van der Waals surface area (Å²) in [5.41, 5.74) is 2.37. The van der Waals surface area contributed by atoms with Crippen LogP contribution in [0.2, 0.25) is 0 Å². The van der Waals surface area contributed by atoms with Crippen LogP contribution >= 0.6 is 0 Å². The third-order valence-corrected chi connectivity index (χ3v) is 11.5. The molecule has 2 aromatic rings. The summed E-state index contributed by atoms with van der Waals surface area (Å²) in [6.07, 6.45) is 27.0. The maximum absolute atomic E-state index is 11.4. The first-order chi connectivity index (χ1) is 31.0. The predicted octanol–water partition coefficient (Wildman–Crippen LogP) is 11.1. The van der Waals surface area contributed by atoms with Gasteiger partial charge in [0.15, 0.2) is 0 Å². The first kappa shape index (κ1) is 62.8. The van der Waals surface area contributed by atoms with E-state index in [2.05, 4.69) is 38.1 Å². The Morgan fingerprint density at radius 1 is 0.415 bits per heavy atom. The van der Waals surface area contributed by atoms with Gasteiger partial charge >= 0.3 is 60.8 Å². The van der Waals surface area contributed by atoms with Crippen LogP contribution < -0.4 is 10.2 Å². The van der Waals surface area contributed by atoms with E-state index in [9.17, 15) is 29.4 Å². The quantitative estimate of drug-likeness (QED) is 0.0358. The third-order valence-electron chi connectivity index (χ3n) is 11.5. The molecule has 4 atom stereocenters. The van der Waals surface area contributed by atoms with Crippen molar-refractivity contribution in [1.29, 1.82) is 0 Å². The Labute approximate surface area is 434 Å². The number of esters is 2. The first-order valence-corrected chi connectivity index (χ1v) is 25.1. The summed E-state index contributed by atoms with van der Waals surface area (Å²) in [4.78, 5) is 43.7. The molecule has 2 aromatic carbocycles. The van der Waals surface area contributed by atoms with Crippen molar-refractivity contribution >= 4 is 72.8 Å². The second-order valence-corrected chi connectivity index (χ2v) is 17.5. The van der Waals surface area contributed by atoms with E-state index in [1.165, 1.54) is 25.0 Å². The van der Waals surface area contributed by atoms with E-state index >= 15 is 0 Å². The van der Waals surface area contributed by atoms with Crippen molar-refractivity contribution in [2.75, 3.05) is 0 Å². The van der Waals surface area contributed by atoms with Gasteiger partial charge in [-0.15, -0.1) is 0 Å². The minimum Gasteiger partial charge on any atom is -0.550 e. The molecule has 0 saturated heterocycles. The molecular formula is C54H86BaO10. The SMILES string of the molecule is CCCCC(CCCC(CCCCCCCCC(=O)[O-])OCc1ccccc1)OC(C)=O.CCCCC(CCCC(CCCCCCCCC(=O)[O-])OCc1ccccc1)OC(C)=O.[Ba+2]. The molecule has 0 radical (unpaired) electrons. The van der Waals surface area contributed by atoms with Crippen molar-refractivity contribution in [3.63, 3.8) is 0 Å². The van der Waals surface area contributed by atoms with E-state index < -0.39 is 11.9 Å². The van der Waals surface area contributed by atoms with Crippen LogP contribution in [0, 0.1) is 0 Å². The molecule has 0 amide bonds. The van der Waals surface area contributed by atoms with E-state index in [0.717, 1.165) is 154 Å². The summed E-state index contributed by atoms with van der Waals surface area (Å²) in [5.74, 6) is -2.28. The number of carboxylic acid groups (broad SMARTS) is 2. The summed E-state index contributed by atoms with van der Waals surface area (Å²) >= 11 is 0. The molecule has 0 N–H and O–H groups in total. The van der Waals surface area contributed by atoms with Crippen LogP contribution in [-0.4, -0.2) is 97.2 Å². The van der Waals surface area contributed by atoms with E-state index in [0.29, 0.717) is 26.1 Å². The number of unbranched alkanes of at least 4 members (excludes halogenated alkanes) is 12. The number of aliphatic carboxylic acids is 2. The van der Waals surface area contributed by atoms with E-state index in [1.807, 2.05) is 36.4 Å². The van der Waals surface area contributed by atoms with Crippen molar-refractivity contribution in [3.8, 4) is 0 Å². The molecular weight excluding hydrogens is 946 g/mol. The molecule has 0 heterocycles. The maximum Gasteiger partial charge on any atom is 2.00 e. The Hall–Kier alpha value is -2.19. The number of hydrogen-bond donors (Lipinski definition) is 0. The monoisotopic (exact) mass is 1030 g/mol. The summed E-state index contributed by atoms with van der Waals surface area (Å²) in [6.45, 7) is 8.53. The van der Waals surface area contributed by atoms with E-state index in [4.69, 9.17) is 18.9 Å². The normalized spacial score (nSPS) is 12.7. The molecule has 364 valence electrons. The predicted molar refractivity (Wildman–Crippen MR) is 258 cm³/mol. The Balaban J connectivity index is 0.00000124.